The van der Waals surface area contributed by atoms with E-state index in [9.17, 15) is 9.59 Å². The van der Waals surface area contributed by atoms with Crippen molar-refractivity contribution in [3.8, 4) is 0 Å². The Bertz CT molecular complexity index is 900. The Labute approximate surface area is 230 Å². The van der Waals surface area contributed by atoms with Crippen LogP contribution in [0.15, 0.2) is 48.5 Å². The summed E-state index contributed by atoms with van der Waals surface area (Å²) in [4.78, 5) is 30.9. The minimum Gasteiger partial charge on any atom is -0.336 e. The lowest BCUT2D eigenvalue weighted by molar-refractivity contribution is 0.0371. The van der Waals surface area contributed by atoms with Crippen LogP contribution in [0.25, 0.3) is 0 Å². The van der Waals surface area contributed by atoms with Gasteiger partial charge < -0.3 is 10.6 Å². The molecule has 0 bridgehead atoms. The number of piperazine rings is 1. The molecule has 2 unspecified atom stereocenters. The van der Waals surface area contributed by atoms with Crippen molar-refractivity contribution < 1.29 is 9.59 Å². The van der Waals surface area contributed by atoms with Crippen LogP contribution in [0, 0.1) is 13.8 Å². The van der Waals surface area contributed by atoms with Crippen LogP contribution in [0.3, 0.4) is 0 Å². The number of benzene rings is 2. The summed E-state index contributed by atoms with van der Waals surface area (Å²) in [5.74, 6) is -0.00605. The number of hydrogen-bond donors (Lipinski definition) is 2. The molecule has 0 saturated carbocycles. The minimum absolute atomic E-state index is 0.00303. The minimum atomic E-state index is -0.00303. The van der Waals surface area contributed by atoms with E-state index in [-0.39, 0.29) is 24.1 Å². The summed E-state index contributed by atoms with van der Waals surface area (Å²) >= 11 is 0. The third-order valence-corrected chi connectivity index (χ3v) is 7.62. The predicted molar refractivity (Wildman–Crippen MR) is 156 cm³/mol. The van der Waals surface area contributed by atoms with Crippen LogP contribution in [0.5, 0.6) is 0 Å². The fourth-order valence-corrected chi connectivity index (χ4v) is 5.11. The van der Waals surface area contributed by atoms with Crippen molar-refractivity contribution >= 4 is 11.8 Å². The van der Waals surface area contributed by atoms with Crippen molar-refractivity contribution in [2.24, 2.45) is 0 Å². The molecule has 2 atom stereocenters. The van der Waals surface area contributed by atoms with Crippen LogP contribution in [0.2, 0.25) is 0 Å². The molecule has 2 aromatic rings. The fraction of sp³-hybridized carbons (Fsp3) is 0.562. The van der Waals surface area contributed by atoms with Gasteiger partial charge in [0.15, 0.2) is 0 Å². The Hall–Kier alpha value is -2.70. The molecule has 0 aliphatic carbocycles. The van der Waals surface area contributed by atoms with Gasteiger partial charge in [0.25, 0.3) is 11.8 Å². The highest BCUT2D eigenvalue weighted by Crippen LogP contribution is 2.17. The average molecular weight is 521 g/mol. The molecule has 1 aliphatic heterocycles. The molecule has 0 radical (unpaired) electrons. The van der Waals surface area contributed by atoms with E-state index in [0.717, 1.165) is 75.8 Å². The second kappa shape index (κ2) is 15.6. The number of unbranched alkanes of at least 4 members (excludes halogenated alkanes) is 4. The number of carbonyl (C=O) groups excluding carboxylic acids is 2. The highest BCUT2D eigenvalue weighted by molar-refractivity contribution is 5.94. The summed E-state index contributed by atoms with van der Waals surface area (Å²) < 4.78 is 0. The van der Waals surface area contributed by atoms with Gasteiger partial charge in [-0.2, -0.15) is 0 Å². The van der Waals surface area contributed by atoms with Gasteiger partial charge in [0.1, 0.15) is 0 Å². The third kappa shape index (κ3) is 9.25. The van der Waals surface area contributed by atoms with E-state index in [0.29, 0.717) is 11.1 Å². The maximum atomic E-state index is 13.0. The van der Waals surface area contributed by atoms with Gasteiger partial charge >= 0.3 is 0 Å². The Kier molecular flexibility index (Phi) is 12.3. The van der Waals surface area contributed by atoms with Gasteiger partial charge in [-0.1, -0.05) is 87.8 Å². The zero-order chi connectivity index (χ0) is 27.3. The number of aryl methyl sites for hydroxylation is 2. The summed E-state index contributed by atoms with van der Waals surface area (Å²) in [6.45, 7) is 12.0. The number of hydrogen-bond acceptors (Lipinski definition) is 4. The smallest absolute Gasteiger partial charge is 0.252 e. The molecular weight excluding hydrogens is 472 g/mol. The number of nitrogens with zero attached hydrogens (tertiary/aromatic N) is 2. The molecule has 2 aromatic carbocycles. The highest BCUT2D eigenvalue weighted by atomic mass is 16.2. The quantitative estimate of drug-likeness (QED) is 0.305. The van der Waals surface area contributed by atoms with Crippen LogP contribution >= 0.6 is 0 Å². The topological polar surface area (TPSA) is 64.7 Å². The summed E-state index contributed by atoms with van der Waals surface area (Å²) in [7, 11) is 0. The summed E-state index contributed by atoms with van der Waals surface area (Å²) in [6, 6.07) is 15.6. The second-order valence-electron chi connectivity index (χ2n) is 10.8. The number of rotatable bonds is 14. The van der Waals surface area contributed by atoms with Gasteiger partial charge in [-0.15, -0.1) is 0 Å². The molecule has 0 aromatic heterocycles. The van der Waals surface area contributed by atoms with Crippen molar-refractivity contribution in [2.45, 2.75) is 91.4 Å². The molecule has 0 spiro atoms. The normalized spacial score (nSPS) is 16.1. The lowest BCUT2D eigenvalue weighted by Gasteiger charge is -2.42. The zero-order valence-electron chi connectivity index (χ0n) is 24.0. The molecule has 1 aliphatic rings. The van der Waals surface area contributed by atoms with Crippen LogP contribution < -0.4 is 10.6 Å². The highest BCUT2D eigenvalue weighted by Gasteiger charge is 2.29. The molecule has 1 heterocycles. The molecule has 1 fully saturated rings. The first kappa shape index (κ1) is 29.9. The van der Waals surface area contributed by atoms with Crippen LogP contribution in [0.1, 0.15) is 97.1 Å². The summed E-state index contributed by atoms with van der Waals surface area (Å²) in [5, 5.41) is 6.65. The summed E-state index contributed by atoms with van der Waals surface area (Å²) in [6.07, 6.45) is 8.81. The van der Waals surface area contributed by atoms with E-state index in [1.807, 2.05) is 62.4 Å². The van der Waals surface area contributed by atoms with E-state index in [2.05, 4.69) is 34.3 Å². The van der Waals surface area contributed by atoms with Gasteiger partial charge in [-0.05, 0) is 51.0 Å². The Morgan fingerprint density at radius 1 is 0.632 bits per heavy atom. The largest absolute Gasteiger partial charge is 0.336 e. The van der Waals surface area contributed by atoms with Gasteiger partial charge in [0, 0.05) is 37.3 Å². The molecule has 38 heavy (non-hydrogen) atoms. The zero-order valence-corrected chi connectivity index (χ0v) is 24.0. The van der Waals surface area contributed by atoms with E-state index >= 15 is 0 Å². The number of amides is 2. The molecule has 3 rings (SSSR count). The van der Waals surface area contributed by atoms with Crippen molar-refractivity contribution in [1.29, 1.82) is 0 Å². The molecule has 6 nitrogen and oxygen atoms in total. The van der Waals surface area contributed by atoms with Crippen molar-refractivity contribution in [3.63, 3.8) is 0 Å². The number of nitrogens with one attached hydrogen (secondary N) is 2. The van der Waals surface area contributed by atoms with Crippen LogP contribution in [-0.2, 0) is 0 Å². The van der Waals surface area contributed by atoms with E-state index < -0.39 is 0 Å². The Morgan fingerprint density at radius 2 is 0.974 bits per heavy atom. The maximum absolute atomic E-state index is 13.0. The average Bonchev–Trinajstić information content (AvgIpc) is 2.93. The molecule has 2 amide bonds. The predicted octanol–water partition coefficient (Wildman–Crippen LogP) is 5.89. The van der Waals surface area contributed by atoms with E-state index in [1.54, 1.807) is 0 Å². The van der Waals surface area contributed by atoms with Gasteiger partial charge in [0.2, 0.25) is 0 Å². The fourth-order valence-electron chi connectivity index (χ4n) is 5.11. The molecule has 1 saturated heterocycles. The lowest BCUT2D eigenvalue weighted by atomic mass is 10.1. The lowest BCUT2D eigenvalue weighted by Crippen LogP contribution is -2.60. The van der Waals surface area contributed by atoms with Crippen LogP contribution in [0.4, 0.5) is 0 Å². The molecule has 2 N–H and O–H groups in total. The Balaban J connectivity index is 1.63. The maximum Gasteiger partial charge on any atom is 0.252 e. The first-order valence-corrected chi connectivity index (χ1v) is 14.6. The first-order chi connectivity index (χ1) is 18.4. The molecule has 208 valence electrons. The van der Waals surface area contributed by atoms with Crippen molar-refractivity contribution in [2.75, 3.05) is 26.2 Å². The standard InChI is InChI=1S/C32H48N4O2/c1-5-7-9-11-29(33-31(37)27-17-13-25(3)14-18-27)35-21-23-36(24-22-35)30(12-10-8-6-2)34-32(38)28-19-15-26(4)16-20-28/h13-20,29-30H,5-12,21-24H2,1-4H3,(H,33,37)(H,34,38). The Morgan fingerprint density at radius 3 is 1.29 bits per heavy atom. The van der Waals surface area contributed by atoms with Gasteiger partial charge in [-0.3, -0.25) is 19.4 Å². The van der Waals surface area contributed by atoms with Crippen molar-refractivity contribution in [3.05, 3.63) is 70.8 Å². The van der Waals surface area contributed by atoms with Gasteiger partial charge in [-0.25, -0.2) is 0 Å². The van der Waals surface area contributed by atoms with Crippen molar-refractivity contribution in [1.82, 2.24) is 20.4 Å². The summed E-state index contributed by atoms with van der Waals surface area (Å²) in [5.41, 5.74) is 3.73. The third-order valence-electron chi connectivity index (χ3n) is 7.62. The second-order valence-corrected chi connectivity index (χ2v) is 10.8. The molecular formula is C32H48N4O2. The first-order valence-electron chi connectivity index (χ1n) is 14.6. The van der Waals surface area contributed by atoms with Gasteiger partial charge in [0.05, 0.1) is 12.3 Å². The number of carbonyl (C=O) groups is 2. The van der Waals surface area contributed by atoms with E-state index in [1.165, 1.54) is 12.8 Å². The van der Waals surface area contributed by atoms with E-state index in [4.69, 9.17) is 0 Å². The monoisotopic (exact) mass is 520 g/mol. The van der Waals surface area contributed by atoms with Crippen LogP contribution in [-0.4, -0.2) is 60.1 Å². The SMILES string of the molecule is CCCCCC(NC(=O)c1ccc(C)cc1)N1CCN(C(CCCCC)NC(=O)c2ccc(C)cc2)CC1. The molecule has 6 heteroatoms.